The molecule has 0 fully saturated rings. The van der Waals surface area contributed by atoms with Gasteiger partial charge in [-0.15, -0.1) is 0 Å². The molecule has 9 nitrogen and oxygen atoms in total. The number of pyridine rings is 1. The summed E-state index contributed by atoms with van der Waals surface area (Å²) in [6, 6.07) is 2.80. The number of carbonyl (C=O) groups is 2. The molecule has 0 aliphatic carbocycles. The molecular formula is C12H10N4O5. The maximum Gasteiger partial charge on any atom is 0.354 e. The zero-order chi connectivity index (χ0) is 15.4. The van der Waals surface area contributed by atoms with Crippen molar-refractivity contribution in [3.8, 4) is 0 Å². The number of rotatable bonds is 4. The van der Waals surface area contributed by atoms with Gasteiger partial charge in [0.05, 0.1) is 0 Å². The molecule has 2 rings (SSSR count). The number of aromatic amines is 2. The van der Waals surface area contributed by atoms with Crippen molar-refractivity contribution in [3.63, 3.8) is 0 Å². The Morgan fingerprint density at radius 3 is 2.62 bits per heavy atom. The maximum atomic E-state index is 11.8. The van der Waals surface area contributed by atoms with Crippen molar-refractivity contribution in [1.82, 2.24) is 20.3 Å². The second-order valence-corrected chi connectivity index (χ2v) is 4.03. The van der Waals surface area contributed by atoms with E-state index in [0.29, 0.717) is 5.56 Å². The molecule has 0 radical (unpaired) electrons. The Bertz CT molecular complexity index is 790. The fourth-order valence-electron chi connectivity index (χ4n) is 1.51. The first-order valence-corrected chi connectivity index (χ1v) is 5.76. The van der Waals surface area contributed by atoms with Crippen LogP contribution in [-0.4, -0.2) is 31.9 Å². The summed E-state index contributed by atoms with van der Waals surface area (Å²) in [4.78, 5) is 52.4. The van der Waals surface area contributed by atoms with Crippen molar-refractivity contribution in [3.05, 3.63) is 62.2 Å². The van der Waals surface area contributed by atoms with Crippen LogP contribution in [0.3, 0.4) is 0 Å². The quantitative estimate of drug-likeness (QED) is 0.573. The number of carboxylic acids is 1. The van der Waals surface area contributed by atoms with Gasteiger partial charge in [0.1, 0.15) is 11.3 Å². The molecule has 0 unspecified atom stereocenters. The smallest absolute Gasteiger partial charge is 0.354 e. The molecule has 0 aliphatic heterocycles. The van der Waals surface area contributed by atoms with Gasteiger partial charge in [-0.25, -0.2) is 14.6 Å². The standard InChI is InChI=1S/C12H10N4O5/c17-9(7-5-15-12(21)16-10(7)18)14-4-6-1-2-8(11(19)20)13-3-6/h1-3,5H,4H2,(H,14,17)(H,19,20)(H2,15,16,18,21). The summed E-state index contributed by atoms with van der Waals surface area (Å²) in [7, 11) is 0. The van der Waals surface area contributed by atoms with Gasteiger partial charge in [-0.3, -0.25) is 14.6 Å². The van der Waals surface area contributed by atoms with Crippen LogP contribution in [0.4, 0.5) is 0 Å². The second-order valence-electron chi connectivity index (χ2n) is 4.03. The lowest BCUT2D eigenvalue weighted by molar-refractivity contribution is 0.0690. The van der Waals surface area contributed by atoms with Crippen LogP contribution in [0.5, 0.6) is 0 Å². The van der Waals surface area contributed by atoms with E-state index < -0.39 is 23.1 Å². The normalized spacial score (nSPS) is 10.1. The molecule has 0 bridgehead atoms. The van der Waals surface area contributed by atoms with Crippen LogP contribution in [0.15, 0.2) is 34.1 Å². The van der Waals surface area contributed by atoms with Gasteiger partial charge in [0.15, 0.2) is 0 Å². The van der Waals surface area contributed by atoms with Gasteiger partial charge in [-0.1, -0.05) is 6.07 Å². The first-order chi connectivity index (χ1) is 9.97. The van der Waals surface area contributed by atoms with E-state index in [1.54, 1.807) is 0 Å². The Morgan fingerprint density at radius 1 is 1.29 bits per heavy atom. The van der Waals surface area contributed by atoms with Crippen molar-refractivity contribution in [2.45, 2.75) is 6.54 Å². The number of hydrogen-bond acceptors (Lipinski definition) is 5. The van der Waals surface area contributed by atoms with Crippen molar-refractivity contribution in [2.24, 2.45) is 0 Å². The minimum atomic E-state index is -1.15. The molecule has 0 aromatic carbocycles. The molecule has 0 aliphatic rings. The van der Waals surface area contributed by atoms with Crippen LogP contribution in [0.2, 0.25) is 0 Å². The maximum absolute atomic E-state index is 11.8. The number of aromatic carboxylic acids is 1. The highest BCUT2D eigenvalue weighted by Gasteiger charge is 2.11. The van der Waals surface area contributed by atoms with Crippen LogP contribution in [0.25, 0.3) is 0 Å². The fraction of sp³-hybridized carbons (Fsp3) is 0.0833. The zero-order valence-corrected chi connectivity index (χ0v) is 10.5. The Morgan fingerprint density at radius 2 is 2.05 bits per heavy atom. The first-order valence-electron chi connectivity index (χ1n) is 5.76. The summed E-state index contributed by atoms with van der Waals surface area (Å²) < 4.78 is 0. The Hall–Kier alpha value is -3.23. The number of nitrogens with zero attached hydrogens (tertiary/aromatic N) is 1. The van der Waals surface area contributed by atoms with Gasteiger partial charge < -0.3 is 15.4 Å². The molecule has 0 spiro atoms. The molecular weight excluding hydrogens is 280 g/mol. The average molecular weight is 290 g/mol. The number of hydrogen-bond donors (Lipinski definition) is 4. The SMILES string of the molecule is O=C(O)c1ccc(CNC(=O)c2c[nH]c(=O)[nH]c2=O)cn1. The van der Waals surface area contributed by atoms with E-state index in [1.165, 1.54) is 18.3 Å². The van der Waals surface area contributed by atoms with Gasteiger partial charge in [0, 0.05) is 18.9 Å². The second kappa shape index (κ2) is 5.82. The number of H-pyrrole nitrogens is 2. The van der Waals surface area contributed by atoms with Crippen molar-refractivity contribution in [1.29, 1.82) is 0 Å². The fourth-order valence-corrected chi connectivity index (χ4v) is 1.51. The van der Waals surface area contributed by atoms with Gasteiger partial charge in [0.25, 0.3) is 11.5 Å². The summed E-state index contributed by atoms with van der Waals surface area (Å²) in [5.74, 6) is -1.82. The molecule has 0 atom stereocenters. The Kier molecular flexibility index (Phi) is 3.93. The highest BCUT2D eigenvalue weighted by molar-refractivity contribution is 5.93. The Balaban J connectivity index is 2.05. The van der Waals surface area contributed by atoms with Crippen LogP contribution in [-0.2, 0) is 6.54 Å². The lowest BCUT2D eigenvalue weighted by atomic mass is 10.2. The largest absolute Gasteiger partial charge is 0.477 e. The highest BCUT2D eigenvalue weighted by Crippen LogP contribution is 2.00. The molecule has 21 heavy (non-hydrogen) atoms. The lowest BCUT2D eigenvalue weighted by Gasteiger charge is -2.04. The van der Waals surface area contributed by atoms with E-state index in [1.807, 2.05) is 4.98 Å². The van der Waals surface area contributed by atoms with Crippen molar-refractivity contribution in [2.75, 3.05) is 0 Å². The van der Waals surface area contributed by atoms with E-state index in [4.69, 9.17) is 5.11 Å². The molecule has 108 valence electrons. The molecule has 0 saturated heterocycles. The number of carboxylic acid groups (broad SMARTS) is 1. The number of carbonyl (C=O) groups excluding carboxylic acids is 1. The van der Waals surface area contributed by atoms with Crippen molar-refractivity contribution >= 4 is 11.9 Å². The van der Waals surface area contributed by atoms with E-state index in [2.05, 4.69) is 15.3 Å². The summed E-state index contributed by atoms with van der Waals surface area (Å²) in [5, 5.41) is 11.2. The predicted octanol–water partition coefficient (Wildman–Crippen LogP) is -0.914. The third kappa shape index (κ3) is 3.41. The zero-order valence-electron chi connectivity index (χ0n) is 10.5. The van der Waals surface area contributed by atoms with Gasteiger partial charge >= 0.3 is 11.7 Å². The molecule has 9 heteroatoms. The number of nitrogens with one attached hydrogen (secondary N) is 3. The van der Waals surface area contributed by atoms with Gasteiger partial charge in [0.2, 0.25) is 0 Å². The van der Waals surface area contributed by atoms with Crippen LogP contribution < -0.4 is 16.6 Å². The topological polar surface area (TPSA) is 145 Å². The summed E-state index contributed by atoms with van der Waals surface area (Å²) in [5.41, 5.74) is -1.28. The third-order valence-corrected chi connectivity index (χ3v) is 2.56. The highest BCUT2D eigenvalue weighted by atomic mass is 16.4. The summed E-state index contributed by atoms with van der Waals surface area (Å²) in [6.07, 6.45) is 2.32. The van der Waals surface area contributed by atoms with Crippen molar-refractivity contribution < 1.29 is 14.7 Å². The number of aromatic nitrogens is 3. The van der Waals surface area contributed by atoms with Gasteiger partial charge in [-0.2, -0.15) is 0 Å². The molecule has 0 saturated carbocycles. The van der Waals surface area contributed by atoms with Crippen LogP contribution in [0.1, 0.15) is 26.4 Å². The first kappa shape index (κ1) is 14.2. The van der Waals surface area contributed by atoms with Gasteiger partial charge in [-0.05, 0) is 11.6 Å². The van der Waals surface area contributed by atoms with E-state index in [9.17, 15) is 19.2 Å². The molecule has 1 amide bonds. The van der Waals surface area contributed by atoms with Crippen LogP contribution in [0, 0.1) is 0 Å². The Labute approximate surface area is 116 Å². The monoisotopic (exact) mass is 290 g/mol. The molecule has 2 aromatic heterocycles. The van der Waals surface area contributed by atoms with E-state index in [-0.39, 0.29) is 17.8 Å². The number of amides is 1. The lowest BCUT2D eigenvalue weighted by Crippen LogP contribution is -2.33. The van der Waals surface area contributed by atoms with Crippen LogP contribution >= 0.6 is 0 Å². The van der Waals surface area contributed by atoms with E-state index >= 15 is 0 Å². The molecule has 2 aromatic rings. The average Bonchev–Trinajstić information content (AvgIpc) is 2.45. The minimum Gasteiger partial charge on any atom is -0.477 e. The third-order valence-electron chi connectivity index (χ3n) is 2.56. The molecule has 4 N–H and O–H groups in total. The summed E-state index contributed by atoms with van der Waals surface area (Å²) in [6.45, 7) is 0.0598. The molecule has 2 heterocycles. The van der Waals surface area contributed by atoms with E-state index in [0.717, 1.165) is 6.20 Å². The predicted molar refractivity (Wildman–Crippen MR) is 70.0 cm³/mol. The minimum absolute atomic E-state index is 0.0598. The summed E-state index contributed by atoms with van der Waals surface area (Å²) >= 11 is 0.